The summed E-state index contributed by atoms with van der Waals surface area (Å²) in [7, 11) is 1.51. The van der Waals surface area contributed by atoms with E-state index in [1.54, 1.807) is 19.1 Å². The molecule has 78 valence electrons. The summed E-state index contributed by atoms with van der Waals surface area (Å²) in [5, 5.41) is 0. The Labute approximate surface area is 82.6 Å². The lowest BCUT2D eigenvalue weighted by molar-refractivity contribution is 0.140. The highest BCUT2D eigenvalue weighted by atomic mass is 19.1. The van der Waals surface area contributed by atoms with E-state index in [4.69, 9.17) is 10.6 Å². The maximum atomic E-state index is 13.6. The molecule has 0 atom stereocenters. The molecule has 0 amide bonds. The molecular formula is C10H14FNO2. The van der Waals surface area contributed by atoms with Crippen molar-refractivity contribution in [1.29, 1.82) is 0 Å². The number of hydrogen-bond acceptors (Lipinski definition) is 3. The maximum absolute atomic E-state index is 13.6. The van der Waals surface area contributed by atoms with E-state index in [-0.39, 0.29) is 12.4 Å². The molecule has 0 spiro atoms. The molecule has 2 N–H and O–H groups in total. The number of halogens is 1. The summed E-state index contributed by atoms with van der Waals surface area (Å²) in [6, 6.07) is 3.42. The summed E-state index contributed by atoms with van der Waals surface area (Å²) >= 11 is 0. The fourth-order valence-corrected chi connectivity index (χ4v) is 1.31. The molecule has 0 unspecified atom stereocenters. The molecule has 4 heteroatoms. The van der Waals surface area contributed by atoms with Crippen LogP contribution in [-0.2, 0) is 11.3 Å². The Hall–Kier alpha value is -1.13. The lowest BCUT2D eigenvalue weighted by Gasteiger charge is -2.10. The number of aryl methyl sites for hydroxylation is 1. The predicted octanol–water partition coefficient (Wildman–Crippen LogP) is 1.58. The van der Waals surface area contributed by atoms with Crippen LogP contribution in [0.1, 0.15) is 11.1 Å². The number of methoxy groups -OCH3 is 1. The Kier molecular flexibility index (Phi) is 3.85. The molecule has 0 fully saturated rings. The molecule has 0 bridgehead atoms. The number of hydrogen-bond donors (Lipinski definition) is 1. The lowest BCUT2D eigenvalue weighted by atomic mass is 10.1. The zero-order valence-corrected chi connectivity index (χ0v) is 8.34. The first-order valence-electron chi connectivity index (χ1n) is 4.34. The third-order valence-corrected chi connectivity index (χ3v) is 2.08. The normalized spacial score (nSPS) is 10.3. The van der Waals surface area contributed by atoms with Crippen LogP contribution in [0.5, 0.6) is 5.75 Å². The zero-order valence-electron chi connectivity index (χ0n) is 8.34. The first-order chi connectivity index (χ1) is 6.70. The van der Waals surface area contributed by atoms with Gasteiger partial charge in [0.25, 0.3) is 0 Å². The highest BCUT2D eigenvalue weighted by molar-refractivity contribution is 5.38. The third-order valence-electron chi connectivity index (χ3n) is 2.08. The largest absolute Gasteiger partial charge is 0.496 e. The van der Waals surface area contributed by atoms with Gasteiger partial charge >= 0.3 is 0 Å². The predicted molar refractivity (Wildman–Crippen MR) is 51.5 cm³/mol. The van der Waals surface area contributed by atoms with E-state index in [1.165, 1.54) is 7.11 Å². The summed E-state index contributed by atoms with van der Waals surface area (Å²) in [5.74, 6) is 5.18. The SMILES string of the molecule is COc1ccc(C)c(F)c1CCON. The molecule has 0 aliphatic carbocycles. The van der Waals surface area contributed by atoms with Crippen LogP contribution in [0.25, 0.3) is 0 Å². The average molecular weight is 199 g/mol. The van der Waals surface area contributed by atoms with Crippen molar-refractivity contribution in [3.8, 4) is 5.75 Å². The van der Waals surface area contributed by atoms with Crippen LogP contribution >= 0.6 is 0 Å². The second kappa shape index (κ2) is 4.93. The smallest absolute Gasteiger partial charge is 0.133 e. The minimum Gasteiger partial charge on any atom is -0.496 e. The monoisotopic (exact) mass is 199 g/mol. The van der Waals surface area contributed by atoms with Gasteiger partial charge in [-0.2, -0.15) is 0 Å². The van der Waals surface area contributed by atoms with Crippen molar-refractivity contribution in [2.75, 3.05) is 13.7 Å². The Morgan fingerprint density at radius 3 is 2.71 bits per heavy atom. The number of ether oxygens (including phenoxy) is 1. The van der Waals surface area contributed by atoms with Gasteiger partial charge < -0.3 is 9.57 Å². The van der Waals surface area contributed by atoms with Gasteiger partial charge in [0.15, 0.2) is 0 Å². The topological polar surface area (TPSA) is 44.5 Å². The summed E-state index contributed by atoms with van der Waals surface area (Å²) in [6.45, 7) is 1.98. The Morgan fingerprint density at radius 2 is 2.14 bits per heavy atom. The third kappa shape index (κ3) is 2.21. The van der Waals surface area contributed by atoms with Gasteiger partial charge in [0.05, 0.1) is 13.7 Å². The number of rotatable bonds is 4. The fraction of sp³-hybridized carbons (Fsp3) is 0.400. The first-order valence-corrected chi connectivity index (χ1v) is 4.34. The van der Waals surface area contributed by atoms with Gasteiger partial charge in [-0.3, -0.25) is 0 Å². The van der Waals surface area contributed by atoms with Crippen LogP contribution < -0.4 is 10.6 Å². The van der Waals surface area contributed by atoms with E-state index in [2.05, 4.69) is 4.84 Å². The number of benzene rings is 1. The van der Waals surface area contributed by atoms with Gasteiger partial charge in [-0.05, 0) is 18.6 Å². The van der Waals surface area contributed by atoms with Gasteiger partial charge in [0, 0.05) is 12.0 Å². The van der Waals surface area contributed by atoms with E-state index >= 15 is 0 Å². The highest BCUT2D eigenvalue weighted by Crippen LogP contribution is 2.24. The molecule has 0 radical (unpaired) electrons. The molecule has 1 aromatic rings. The Balaban J connectivity index is 3.01. The van der Waals surface area contributed by atoms with Crippen LogP contribution in [0.2, 0.25) is 0 Å². The van der Waals surface area contributed by atoms with E-state index in [9.17, 15) is 4.39 Å². The Morgan fingerprint density at radius 1 is 1.43 bits per heavy atom. The second-order valence-corrected chi connectivity index (χ2v) is 3.00. The quantitative estimate of drug-likeness (QED) is 0.749. The number of nitrogens with two attached hydrogens (primary N) is 1. The van der Waals surface area contributed by atoms with E-state index in [0.29, 0.717) is 23.3 Å². The van der Waals surface area contributed by atoms with Crippen LogP contribution in [0, 0.1) is 12.7 Å². The van der Waals surface area contributed by atoms with Crippen LogP contribution in [0.15, 0.2) is 12.1 Å². The molecule has 0 aliphatic heterocycles. The maximum Gasteiger partial charge on any atom is 0.133 e. The van der Waals surface area contributed by atoms with Crippen molar-refractivity contribution in [3.05, 3.63) is 29.1 Å². The van der Waals surface area contributed by atoms with Crippen molar-refractivity contribution >= 4 is 0 Å². The molecule has 0 aliphatic rings. The second-order valence-electron chi connectivity index (χ2n) is 3.00. The van der Waals surface area contributed by atoms with Gasteiger partial charge in [-0.1, -0.05) is 6.07 Å². The molecule has 0 aromatic heterocycles. The van der Waals surface area contributed by atoms with Crippen LogP contribution in [0.3, 0.4) is 0 Å². The van der Waals surface area contributed by atoms with Crippen molar-refractivity contribution in [2.45, 2.75) is 13.3 Å². The lowest BCUT2D eigenvalue weighted by Crippen LogP contribution is -2.07. The average Bonchev–Trinajstić information content (AvgIpc) is 2.20. The molecule has 0 saturated carbocycles. The van der Waals surface area contributed by atoms with Crippen molar-refractivity contribution in [2.24, 2.45) is 5.90 Å². The van der Waals surface area contributed by atoms with Crippen molar-refractivity contribution in [3.63, 3.8) is 0 Å². The molecule has 3 nitrogen and oxygen atoms in total. The molecule has 14 heavy (non-hydrogen) atoms. The molecule has 0 heterocycles. The summed E-state index contributed by atoms with van der Waals surface area (Å²) < 4.78 is 18.6. The summed E-state index contributed by atoms with van der Waals surface area (Å²) in [4.78, 5) is 4.42. The van der Waals surface area contributed by atoms with E-state index < -0.39 is 0 Å². The standard InChI is InChI=1S/C10H14FNO2/c1-7-3-4-9(13-2)8(10(7)11)5-6-14-12/h3-4H,5-6,12H2,1-2H3. The van der Waals surface area contributed by atoms with Gasteiger partial charge in [-0.15, -0.1) is 0 Å². The zero-order chi connectivity index (χ0) is 10.6. The molecular weight excluding hydrogens is 185 g/mol. The minimum absolute atomic E-state index is 0.249. The van der Waals surface area contributed by atoms with Crippen molar-refractivity contribution < 1.29 is 14.0 Å². The van der Waals surface area contributed by atoms with Crippen molar-refractivity contribution in [1.82, 2.24) is 0 Å². The van der Waals surface area contributed by atoms with Gasteiger partial charge in [0.2, 0.25) is 0 Å². The fourth-order valence-electron chi connectivity index (χ4n) is 1.31. The molecule has 1 aromatic carbocycles. The van der Waals surface area contributed by atoms with Gasteiger partial charge in [-0.25, -0.2) is 10.3 Å². The summed E-state index contributed by atoms with van der Waals surface area (Å²) in [5.41, 5.74) is 1.11. The van der Waals surface area contributed by atoms with E-state index in [1.807, 2.05) is 0 Å². The molecule has 0 saturated heterocycles. The summed E-state index contributed by atoms with van der Waals surface area (Å²) in [6.07, 6.45) is 0.410. The van der Waals surface area contributed by atoms with E-state index in [0.717, 1.165) is 0 Å². The van der Waals surface area contributed by atoms with Gasteiger partial charge in [0.1, 0.15) is 11.6 Å². The molecule has 1 rings (SSSR count). The minimum atomic E-state index is -0.249. The Bertz CT molecular complexity index is 315. The first kappa shape index (κ1) is 10.9. The highest BCUT2D eigenvalue weighted by Gasteiger charge is 2.11. The van der Waals surface area contributed by atoms with Crippen LogP contribution in [0.4, 0.5) is 4.39 Å². The van der Waals surface area contributed by atoms with Crippen LogP contribution in [-0.4, -0.2) is 13.7 Å².